The Hall–Kier alpha value is -0.210. The van der Waals surface area contributed by atoms with Gasteiger partial charge in [0.2, 0.25) is 0 Å². The molecule has 0 amide bonds. The number of halogens is 2. The fraction of sp³-hybridized carbons (Fsp3) is 0.538. The second-order valence-electron chi connectivity index (χ2n) is 3.88. The third-order valence-corrected chi connectivity index (χ3v) is 3.63. The van der Waals surface area contributed by atoms with Gasteiger partial charge in [-0.2, -0.15) is 0 Å². The van der Waals surface area contributed by atoms with E-state index in [-0.39, 0.29) is 0 Å². The summed E-state index contributed by atoms with van der Waals surface area (Å²) in [5.41, 5.74) is 1.11. The molecule has 1 nitrogen and oxygen atoms in total. The number of benzene rings is 1. The summed E-state index contributed by atoms with van der Waals surface area (Å²) in [5.74, 6) is 1.58. The van der Waals surface area contributed by atoms with E-state index in [9.17, 15) is 0 Å². The fourth-order valence-corrected chi connectivity index (χ4v) is 2.16. The van der Waals surface area contributed by atoms with Gasteiger partial charge in [-0.25, -0.2) is 0 Å². The van der Waals surface area contributed by atoms with Crippen LogP contribution in [0.15, 0.2) is 18.2 Å². The van der Waals surface area contributed by atoms with Crippen molar-refractivity contribution in [3.8, 4) is 5.75 Å². The molecule has 0 aliphatic rings. The minimum absolute atomic E-state index is 0.638. The molecule has 0 fully saturated rings. The predicted molar refractivity (Wildman–Crippen MR) is 73.7 cm³/mol. The van der Waals surface area contributed by atoms with Gasteiger partial charge in [0.15, 0.2) is 0 Å². The average molecular weight is 306 g/mol. The maximum absolute atomic E-state index is 5.94. The maximum atomic E-state index is 5.94. The van der Waals surface area contributed by atoms with Gasteiger partial charge < -0.3 is 4.74 Å². The van der Waals surface area contributed by atoms with Crippen LogP contribution in [0.25, 0.3) is 0 Å². The predicted octanol–water partition coefficient (Wildman–Crippen LogP) is 5.05. The lowest BCUT2D eigenvalue weighted by Crippen LogP contribution is -2.10. The highest BCUT2D eigenvalue weighted by Crippen LogP contribution is 2.25. The van der Waals surface area contributed by atoms with Crippen molar-refractivity contribution >= 4 is 27.5 Å². The Kier molecular flexibility index (Phi) is 6.22. The van der Waals surface area contributed by atoms with Gasteiger partial charge in [-0.05, 0) is 24.1 Å². The molecule has 0 atom stereocenters. The maximum Gasteiger partial charge on any atom is 0.123 e. The Balaban J connectivity index is 2.65. The minimum Gasteiger partial charge on any atom is -0.493 e. The second-order valence-corrected chi connectivity index (χ2v) is 4.88. The first-order valence-corrected chi connectivity index (χ1v) is 7.18. The van der Waals surface area contributed by atoms with Gasteiger partial charge in [-0.3, -0.25) is 0 Å². The lowest BCUT2D eigenvalue weighted by Gasteiger charge is -2.15. The molecule has 0 heterocycles. The fourth-order valence-electron chi connectivity index (χ4n) is 1.53. The van der Waals surface area contributed by atoms with Crippen molar-refractivity contribution in [1.82, 2.24) is 0 Å². The van der Waals surface area contributed by atoms with E-state index in [2.05, 4.69) is 29.8 Å². The quantitative estimate of drug-likeness (QED) is 0.668. The molecule has 0 aliphatic heterocycles. The van der Waals surface area contributed by atoms with Gasteiger partial charge in [0.25, 0.3) is 0 Å². The first-order chi connectivity index (χ1) is 7.71. The van der Waals surface area contributed by atoms with Crippen LogP contribution in [0.1, 0.15) is 32.3 Å². The highest BCUT2D eigenvalue weighted by atomic mass is 79.9. The third-order valence-electron chi connectivity index (χ3n) is 2.80. The molecule has 3 heteroatoms. The van der Waals surface area contributed by atoms with E-state index >= 15 is 0 Å². The standard InChI is InChI=1S/C13H18BrClO/c1-3-10(4-2)9-16-13-6-5-12(15)7-11(13)8-14/h5-7,10H,3-4,8-9H2,1-2H3. The molecule has 0 saturated heterocycles. The lowest BCUT2D eigenvalue weighted by molar-refractivity contribution is 0.239. The normalized spacial score (nSPS) is 10.8. The van der Waals surface area contributed by atoms with E-state index in [1.807, 2.05) is 18.2 Å². The minimum atomic E-state index is 0.638. The monoisotopic (exact) mass is 304 g/mol. The van der Waals surface area contributed by atoms with Crippen LogP contribution in [-0.4, -0.2) is 6.61 Å². The molecule has 0 saturated carbocycles. The van der Waals surface area contributed by atoms with E-state index in [4.69, 9.17) is 16.3 Å². The number of alkyl halides is 1. The van der Waals surface area contributed by atoms with Crippen LogP contribution in [0.4, 0.5) is 0 Å². The van der Waals surface area contributed by atoms with Gasteiger partial charge in [0.1, 0.15) is 5.75 Å². The summed E-state index contributed by atoms with van der Waals surface area (Å²) < 4.78 is 5.84. The summed E-state index contributed by atoms with van der Waals surface area (Å²) in [7, 11) is 0. The van der Waals surface area contributed by atoms with Gasteiger partial charge in [0, 0.05) is 15.9 Å². The summed E-state index contributed by atoms with van der Waals surface area (Å²) in [4.78, 5) is 0. The van der Waals surface area contributed by atoms with Crippen LogP contribution in [-0.2, 0) is 5.33 Å². The average Bonchev–Trinajstić information content (AvgIpc) is 2.31. The summed E-state index contributed by atoms with van der Waals surface area (Å²) in [6, 6.07) is 5.76. The first kappa shape index (κ1) is 13.9. The molecule has 0 bridgehead atoms. The van der Waals surface area contributed by atoms with Gasteiger partial charge in [-0.15, -0.1) is 0 Å². The van der Waals surface area contributed by atoms with Crippen molar-refractivity contribution < 1.29 is 4.74 Å². The molecular weight excluding hydrogens is 287 g/mol. The number of hydrogen-bond donors (Lipinski definition) is 0. The largest absolute Gasteiger partial charge is 0.493 e. The summed E-state index contributed by atoms with van der Waals surface area (Å²) in [6.45, 7) is 5.18. The van der Waals surface area contributed by atoms with Crippen LogP contribution in [0.2, 0.25) is 5.02 Å². The zero-order valence-corrected chi connectivity index (χ0v) is 12.1. The lowest BCUT2D eigenvalue weighted by atomic mass is 10.1. The summed E-state index contributed by atoms with van der Waals surface area (Å²) in [5, 5.41) is 1.52. The van der Waals surface area contributed by atoms with Crippen molar-refractivity contribution in [3.05, 3.63) is 28.8 Å². The van der Waals surface area contributed by atoms with E-state index < -0.39 is 0 Å². The van der Waals surface area contributed by atoms with Crippen LogP contribution in [0, 0.1) is 5.92 Å². The molecule has 0 unspecified atom stereocenters. The number of hydrogen-bond acceptors (Lipinski definition) is 1. The Morgan fingerprint density at radius 2 is 2.00 bits per heavy atom. The molecule has 0 N–H and O–H groups in total. The van der Waals surface area contributed by atoms with Gasteiger partial charge >= 0.3 is 0 Å². The molecule has 0 spiro atoms. The second kappa shape index (κ2) is 7.18. The third kappa shape index (κ3) is 3.99. The first-order valence-electron chi connectivity index (χ1n) is 5.68. The van der Waals surface area contributed by atoms with Crippen molar-refractivity contribution in [2.24, 2.45) is 5.92 Å². The Bertz CT molecular complexity index is 324. The van der Waals surface area contributed by atoms with Crippen LogP contribution in [0.3, 0.4) is 0 Å². The number of rotatable bonds is 6. The Morgan fingerprint density at radius 3 is 2.56 bits per heavy atom. The molecule has 0 radical (unpaired) electrons. The Morgan fingerprint density at radius 1 is 1.31 bits per heavy atom. The zero-order valence-electron chi connectivity index (χ0n) is 9.80. The summed E-state index contributed by atoms with van der Waals surface area (Å²) >= 11 is 9.38. The topological polar surface area (TPSA) is 9.23 Å². The van der Waals surface area contributed by atoms with Crippen molar-refractivity contribution in [2.75, 3.05) is 6.61 Å². The van der Waals surface area contributed by atoms with Gasteiger partial charge in [-0.1, -0.05) is 54.2 Å². The zero-order chi connectivity index (χ0) is 12.0. The van der Waals surface area contributed by atoms with Crippen LogP contribution < -0.4 is 4.74 Å². The van der Waals surface area contributed by atoms with Crippen molar-refractivity contribution in [3.63, 3.8) is 0 Å². The molecule has 90 valence electrons. The van der Waals surface area contributed by atoms with Crippen LogP contribution in [0.5, 0.6) is 5.75 Å². The van der Waals surface area contributed by atoms with Crippen LogP contribution >= 0.6 is 27.5 Å². The van der Waals surface area contributed by atoms with Crippen molar-refractivity contribution in [2.45, 2.75) is 32.0 Å². The molecule has 1 rings (SSSR count). The van der Waals surface area contributed by atoms with E-state index in [1.54, 1.807) is 0 Å². The SMILES string of the molecule is CCC(CC)COc1ccc(Cl)cc1CBr. The smallest absolute Gasteiger partial charge is 0.123 e. The molecule has 0 aliphatic carbocycles. The molecule has 16 heavy (non-hydrogen) atoms. The van der Waals surface area contributed by atoms with E-state index in [1.165, 1.54) is 0 Å². The molecule has 1 aromatic rings. The van der Waals surface area contributed by atoms with Gasteiger partial charge in [0.05, 0.1) is 6.61 Å². The van der Waals surface area contributed by atoms with E-state index in [0.717, 1.165) is 41.1 Å². The summed E-state index contributed by atoms with van der Waals surface area (Å²) in [6.07, 6.45) is 2.32. The van der Waals surface area contributed by atoms with E-state index in [0.29, 0.717) is 5.92 Å². The molecular formula is C13H18BrClO. The Labute approximate surface area is 111 Å². The van der Waals surface area contributed by atoms with Crippen molar-refractivity contribution in [1.29, 1.82) is 0 Å². The molecule has 1 aromatic carbocycles. The number of ether oxygens (including phenoxy) is 1. The highest BCUT2D eigenvalue weighted by Gasteiger charge is 2.07. The molecule has 0 aromatic heterocycles. The highest BCUT2D eigenvalue weighted by molar-refractivity contribution is 9.08.